The molecule has 1 saturated heterocycles. The molecule has 0 aromatic heterocycles. The van der Waals surface area contributed by atoms with Gasteiger partial charge in [-0.15, -0.1) is 0 Å². The lowest BCUT2D eigenvalue weighted by molar-refractivity contribution is -0.189. The average Bonchev–Trinajstić information content (AvgIpc) is 2.84. The van der Waals surface area contributed by atoms with Crippen LogP contribution in [-0.4, -0.2) is 53.5 Å². The Morgan fingerprint density at radius 1 is 1.29 bits per heavy atom. The standard InChI is InChI=1S/C22H30O6/c1-20-9-17-19-15(16(20)5-7-22(20,26)18(25)10-23)3-2-13-8-14(24)4-6-21(13,19)11-27-12-28-17/h8,15-17,19,23,26H,2-7,9-12H2,1H3/t15-,16-,17-,19+,20-,21+,22-/m0/s1. The summed E-state index contributed by atoms with van der Waals surface area (Å²) in [4.78, 5) is 24.7. The van der Waals surface area contributed by atoms with Gasteiger partial charge >= 0.3 is 0 Å². The summed E-state index contributed by atoms with van der Waals surface area (Å²) in [5.41, 5.74) is -1.01. The number of hydrogen-bond acceptors (Lipinski definition) is 6. The first-order valence-electron chi connectivity index (χ1n) is 10.7. The van der Waals surface area contributed by atoms with Gasteiger partial charge in [-0.1, -0.05) is 12.5 Å². The summed E-state index contributed by atoms with van der Waals surface area (Å²) >= 11 is 0. The second kappa shape index (κ2) is 6.21. The molecule has 0 radical (unpaired) electrons. The van der Waals surface area contributed by atoms with E-state index in [4.69, 9.17) is 9.47 Å². The molecule has 0 unspecified atom stereocenters. The van der Waals surface area contributed by atoms with Gasteiger partial charge in [0, 0.05) is 17.3 Å². The third-order valence-electron chi connectivity index (χ3n) is 9.09. The van der Waals surface area contributed by atoms with Gasteiger partial charge in [0.15, 0.2) is 11.6 Å². The van der Waals surface area contributed by atoms with Gasteiger partial charge in [-0.2, -0.15) is 0 Å². The van der Waals surface area contributed by atoms with Crippen LogP contribution in [0.1, 0.15) is 51.9 Å². The molecule has 5 aliphatic rings. The highest BCUT2D eigenvalue weighted by Crippen LogP contribution is 2.68. The van der Waals surface area contributed by atoms with E-state index in [1.165, 1.54) is 5.57 Å². The Labute approximate surface area is 165 Å². The third-order valence-corrected chi connectivity index (χ3v) is 9.09. The number of hydrogen-bond donors (Lipinski definition) is 2. The molecular weight excluding hydrogens is 360 g/mol. The number of aliphatic hydroxyl groups excluding tert-OH is 1. The van der Waals surface area contributed by atoms with Gasteiger partial charge in [0.1, 0.15) is 19.0 Å². The summed E-state index contributed by atoms with van der Waals surface area (Å²) in [6.45, 7) is 2.20. The van der Waals surface area contributed by atoms with Gasteiger partial charge < -0.3 is 19.7 Å². The maximum Gasteiger partial charge on any atom is 0.190 e. The summed E-state index contributed by atoms with van der Waals surface area (Å²) in [6.07, 6.45) is 6.74. The van der Waals surface area contributed by atoms with Gasteiger partial charge in [-0.25, -0.2) is 0 Å². The molecule has 4 aliphatic carbocycles. The summed E-state index contributed by atoms with van der Waals surface area (Å²) in [7, 11) is 0. The topological polar surface area (TPSA) is 93.1 Å². The van der Waals surface area contributed by atoms with E-state index in [0.29, 0.717) is 31.8 Å². The maximum absolute atomic E-state index is 12.5. The van der Waals surface area contributed by atoms with Crippen LogP contribution in [0.3, 0.4) is 0 Å². The van der Waals surface area contributed by atoms with Crippen LogP contribution in [0.4, 0.5) is 0 Å². The summed E-state index contributed by atoms with van der Waals surface area (Å²) < 4.78 is 12.1. The number of rotatable bonds is 2. The van der Waals surface area contributed by atoms with E-state index in [1.54, 1.807) is 0 Å². The van der Waals surface area contributed by atoms with E-state index < -0.39 is 23.4 Å². The van der Waals surface area contributed by atoms with Gasteiger partial charge in [0.25, 0.3) is 0 Å². The van der Waals surface area contributed by atoms with Gasteiger partial charge in [0.2, 0.25) is 0 Å². The van der Waals surface area contributed by atoms with Crippen LogP contribution in [0.2, 0.25) is 0 Å². The molecule has 1 heterocycles. The lowest BCUT2D eigenvalue weighted by Gasteiger charge is -2.60. The average molecular weight is 390 g/mol. The lowest BCUT2D eigenvalue weighted by atomic mass is 9.45. The van der Waals surface area contributed by atoms with Crippen molar-refractivity contribution in [1.29, 1.82) is 0 Å². The molecule has 0 aromatic carbocycles. The van der Waals surface area contributed by atoms with E-state index in [-0.39, 0.29) is 35.9 Å². The van der Waals surface area contributed by atoms with Crippen molar-refractivity contribution in [2.75, 3.05) is 20.0 Å². The molecule has 4 fully saturated rings. The van der Waals surface area contributed by atoms with Crippen LogP contribution >= 0.6 is 0 Å². The van der Waals surface area contributed by atoms with E-state index in [0.717, 1.165) is 25.7 Å². The second-order valence-corrected chi connectivity index (χ2v) is 9.90. The Bertz CT molecular complexity index is 745. The van der Waals surface area contributed by atoms with E-state index in [1.807, 2.05) is 13.0 Å². The number of carbonyl (C=O) groups excluding carboxylic acids is 2. The van der Waals surface area contributed by atoms with Crippen molar-refractivity contribution >= 4 is 11.6 Å². The quantitative estimate of drug-likeness (QED) is 0.747. The molecule has 0 bridgehead atoms. The summed E-state index contributed by atoms with van der Waals surface area (Å²) in [6, 6.07) is 0. The molecule has 6 nitrogen and oxygen atoms in total. The molecule has 28 heavy (non-hydrogen) atoms. The first-order chi connectivity index (χ1) is 13.4. The zero-order chi connectivity index (χ0) is 19.7. The Kier molecular flexibility index (Phi) is 4.19. The number of ketones is 2. The van der Waals surface area contributed by atoms with E-state index in [2.05, 4.69) is 0 Å². The predicted octanol–water partition coefficient (Wildman–Crippen LogP) is 1.77. The Morgan fingerprint density at radius 2 is 2.11 bits per heavy atom. The zero-order valence-electron chi connectivity index (χ0n) is 16.5. The van der Waals surface area contributed by atoms with Crippen molar-refractivity contribution in [1.82, 2.24) is 0 Å². The third kappa shape index (κ3) is 2.23. The van der Waals surface area contributed by atoms with Crippen LogP contribution in [-0.2, 0) is 19.1 Å². The number of aliphatic hydroxyl groups is 2. The summed E-state index contributed by atoms with van der Waals surface area (Å²) in [5, 5.41) is 20.9. The van der Waals surface area contributed by atoms with Crippen LogP contribution < -0.4 is 0 Å². The first-order valence-corrected chi connectivity index (χ1v) is 10.7. The lowest BCUT2D eigenvalue weighted by Crippen LogP contribution is -2.62. The van der Waals surface area contributed by atoms with Crippen LogP contribution in [0.15, 0.2) is 11.6 Å². The Balaban J connectivity index is 1.60. The van der Waals surface area contributed by atoms with Crippen LogP contribution in [0, 0.1) is 28.6 Å². The molecule has 0 aromatic rings. The largest absolute Gasteiger partial charge is 0.388 e. The van der Waals surface area contributed by atoms with Gasteiger partial charge in [-0.05, 0) is 62.4 Å². The molecule has 3 saturated carbocycles. The minimum Gasteiger partial charge on any atom is -0.388 e. The second-order valence-electron chi connectivity index (χ2n) is 9.90. The number of ether oxygens (including phenoxy) is 2. The SMILES string of the molecule is C[C@]12C[C@@H]3OCOC[C@]45CCC(=O)C=C4CC[C@H]([C@H]35)[C@@H]1CC[C@]2(O)C(=O)CO. The van der Waals surface area contributed by atoms with Crippen molar-refractivity contribution in [3.05, 3.63) is 11.6 Å². The highest BCUT2D eigenvalue weighted by Gasteiger charge is 2.69. The minimum absolute atomic E-state index is 0.109. The van der Waals surface area contributed by atoms with E-state index in [9.17, 15) is 19.8 Å². The van der Waals surface area contributed by atoms with E-state index >= 15 is 0 Å². The number of Topliss-reactive ketones (excluding diaryl/α,β-unsaturated/α-hetero) is 1. The smallest absolute Gasteiger partial charge is 0.190 e. The monoisotopic (exact) mass is 390 g/mol. The van der Waals surface area contributed by atoms with Crippen molar-refractivity contribution in [3.63, 3.8) is 0 Å². The maximum atomic E-state index is 12.5. The van der Waals surface area contributed by atoms with Crippen molar-refractivity contribution < 1.29 is 29.3 Å². The highest BCUT2D eigenvalue weighted by atomic mass is 16.7. The van der Waals surface area contributed by atoms with Crippen molar-refractivity contribution in [2.24, 2.45) is 28.6 Å². The molecule has 2 N–H and O–H groups in total. The van der Waals surface area contributed by atoms with Crippen molar-refractivity contribution in [2.45, 2.75) is 63.6 Å². The molecule has 6 heteroatoms. The fourth-order valence-electron chi connectivity index (χ4n) is 7.81. The molecule has 0 amide bonds. The number of fused-ring (bicyclic) bond motifs is 2. The normalized spacial score (nSPS) is 50.1. The molecule has 1 aliphatic heterocycles. The minimum atomic E-state index is -1.49. The molecule has 7 atom stereocenters. The van der Waals surface area contributed by atoms with Gasteiger partial charge in [0.05, 0.1) is 12.7 Å². The fraction of sp³-hybridized carbons (Fsp3) is 0.818. The molecule has 1 spiro atoms. The first kappa shape index (κ1) is 18.9. The number of carbonyl (C=O) groups is 2. The summed E-state index contributed by atoms with van der Waals surface area (Å²) in [5.74, 6) is 0.552. The Morgan fingerprint density at radius 3 is 2.89 bits per heavy atom. The molecule has 5 rings (SSSR count). The van der Waals surface area contributed by atoms with Gasteiger partial charge in [-0.3, -0.25) is 9.59 Å². The van der Waals surface area contributed by atoms with Crippen LogP contribution in [0.5, 0.6) is 0 Å². The van der Waals surface area contributed by atoms with Crippen LogP contribution in [0.25, 0.3) is 0 Å². The van der Waals surface area contributed by atoms with Crippen molar-refractivity contribution in [3.8, 4) is 0 Å². The zero-order valence-corrected chi connectivity index (χ0v) is 16.5. The fourth-order valence-corrected chi connectivity index (χ4v) is 7.81. The predicted molar refractivity (Wildman–Crippen MR) is 99.2 cm³/mol. The Hall–Kier alpha value is -1.08. The molecule has 154 valence electrons. The highest BCUT2D eigenvalue weighted by molar-refractivity contribution is 5.92. The molecular formula is C22H30O6.